The van der Waals surface area contributed by atoms with E-state index in [4.69, 9.17) is 15.2 Å². The van der Waals surface area contributed by atoms with Crippen LogP contribution in [0.25, 0.3) is 0 Å². The molecule has 0 unspecified atom stereocenters. The van der Waals surface area contributed by atoms with E-state index in [2.05, 4.69) is 46.8 Å². The van der Waals surface area contributed by atoms with Crippen LogP contribution in [0.15, 0.2) is 38.5 Å². The van der Waals surface area contributed by atoms with Crippen molar-refractivity contribution in [3.8, 4) is 0 Å². The molecule has 0 saturated heterocycles. The number of pyridine rings is 2. The van der Waals surface area contributed by atoms with Gasteiger partial charge in [-0.25, -0.2) is 15.0 Å². The van der Waals surface area contributed by atoms with Gasteiger partial charge in [0.1, 0.15) is 5.82 Å². The molecule has 0 bridgehead atoms. The first-order valence-electron chi connectivity index (χ1n) is 8.94. The van der Waals surface area contributed by atoms with E-state index >= 15 is 0 Å². The maximum Gasteiger partial charge on any atom is 0.217 e. The molecule has 8 nitrogen and oxygen atoms in total. The van der Waals surface area contributed by atoms with Gasteiger partial charge in [-0.3, -0.25) is 4.90 Å². The Kier molecular flexibility index (Phi) is 14.4. The van der Waals surface area contributed by atoms with E-state index in [9.17, 15) is 0 Å². The SMILES string of the molecule is COC(OC)N(C)C.Cc1cc(Br)cnc1N.Cc1cc(Br)cnc1N=CN(C)C. The Labute approximate surface area is 196 Å². The number of aliphatic imine (C=N–C) groups is 1. The van der Waals surface area contributed by atoms with Crippen molar-refractivity contribution in [3.05, 3.63) is 44.6 Å². The molecular formula is C20H32Br2N6O2. The molecule has 2 aromatic rings. The quantitative estimate of drug-likeness (QED) is 0.340. The lowest BCUT2D eigenvalue weighted by Crippen LogP contribution is -2.30. The molecule has 0 atom stereocenters. The fourth-order valence-electron chi connectivity index (χ4n) is 1.91. The number of halogens is 2. The summed E-state index contributed by atoms with van der Waals surface area (Å²) in [5.41, 5.74) is 7.52. The largest absolute Gasteiger partial charge is 0.383 e. The maximum absolute atomic E-state index is 5.46. The van der Waals surface area contributed by atoms with Crippen LogP contribution in [0.4, 0.5) is 11.6 Å². The minimum absolute atomic E-state index is 0.213. The first kappa shape index (κ1) is 28.4. The Morgan fingerprint density at radius 2 is 1.47 bits per heavy atom. The van der Waals surface area contributed by atoms with Gasteiger partial charge in [0.2, 0.25) is 6.41 Å². The summed E-state index contributed by atoms with van der Waals surface area (Å²) in [5.74, 6) is 1.36. The van der Waals surface area contributed by atoms with Crippen molar-refractivity contribution < 1.29 is 9.47 Å². The molecule has 0 spiro atoms. The molecule has 2 aromatic heterocycles. The van der Waals surface area contributed by atoms with E-state index in [1.165, 1.54) is 0 Å². The van der Waals surface area contributed by atoms with E-state index in [1.807, 2.05) is 64.0 Å². The highest BCUT2D eigenvalue weighted by Crippen LogP contribution is 2.18. The van der Waals surface area contributed by atoms with Gasteiger partial charge < -0.3 is 20.1 Å². The fraction of sp³-hybridized carbons (Fsp3) is 0.450. The minimum Gasteiger partial charge on any atom is -0.383 e. The third kappa shape index (κ3) is 12.2. The van der Waals surface area contributed by atoms with Crippen molar-refractivity contribution in [2.24, 2.45) is 4.99 Å². The van der Waals surface area contributed by atoms with Crippen LogP contribution < -0.4 is 5.73 Å². The lowest BCUT2D eigenvalue weighted by Gasteiger charge is -2.19. The van der Waals surface area contributed by atoms with Crippen LogP contribution in [0.3, 0.4) is 0 Å². The number of hydrogen-bond acceptors (Lipinski definition) is 7. The molecule has 0 radical (unpaired) electrons. The van der Waals surface area contributed by atoms with Crippen molar-refractivity contribution in [2.75, 3.05) is 48.1 Å². The monoisotopic (exact) mass is 546 g/mol. The maximum atomic E-state index is 5.46. The molecule has 0 aromatic carbocycles. The van der Waals surface area contributed by atoms with Gasteiger partial charge in [0.15, 0.2) is 5.82 Å². The number of ether oxygens (including phenoxy) is 2. The van der Waals surface area contributed by atoms with Crippen molar-refractivity contribution in [3.63, 3.8) is 0 Å². The number of rotatable bonds is 5. The van der Waals surface area contributed by atoms with Crippen molar-refractivity contribution in [2.45, 2.75) is 20.3 Å². The molecule has 0 fully saturated rings. The van der Waals surface area contributed by atoms with Crippen LogP contribution >= 0.6 is 31.9 Å². The Balaban J connectivity index is 0.000000438. The Morgan fingerprint density at radius 3 is 1.80 bits per heavy atom. The van der Waals surface area contributed by atoms with Crippen LogP contribution in [0.1, 0.15) is 11.1 Å². The van der Waals surface area contributed by atoms with Gasteiger partial charge in [-0.1, -0.05) is 0 Å². The van der Waals surface area contributed by atoms with E-state index in [1.54, 1.807) is 33.0 Å². The van der Waals surface area contributed by atoms with Gasteiger partial charge in [-0.15, -0.1) is 0 Å². The number of methoxy groups -OCH3 is 2. The molecule has 2 N–H and O–H groups in total. The number of nitrogens with two attached hydrogens (primary N) is 1. The molecule has 2 rings (SSSR count). The van der Waals surface area contributed by atoms with E-state index in [0.29, 0.717) is 5.82 Å². The number of aryl methyl sites for hydroxylation is 2. The molecule has 0 aliphatic heterocycles. The van der Waals surface area contributed by atoms with Crippen LogP contribution in [0.2, 0.25) is 0 Å². The lowest BCUT2D eigenvalue weighted by atomic mass is 10.3. The predicted octanol–water partition coefficient (Wildman–Crippen LogP) is 4.23. The number of nitrogen functional groups attached to an aromatic ring is 1. The predicted molar refractivity (Wildman–Crippen MR) is 131 cm³/mol. The van der Waals surface area contributed by atoms with E-state index < -0.39 is 0 Å². The van der Waals surface area contributed by atoms with Crippen LogP contribution in [0, 0.1) is 13.8 Å². The van der Waals surface area contributed by atoms with Gasteiger partial charge in [-0.2, -0.15) is 0 Å². The number of hydrogen-bond donors (Lipinski definition) is 1. The molecule has 10 heteroatoms. The topological polar surface area (TPSA) is 89.1 Å². The first-order chi connectivity index (χ1) is 14.0. The summed E-state index contributed by atoms with van der Waals surface area (Å²) < 4.78 is 11.7. The average Bonchev–Trinajstić information content (AvgIpc) is 2.66. The number of nitrogens with zero attached hydrogens (tertiary/aromatic N) is 5. The highest BCUT2D eigenvalue weighted by molar-refractivity contribution is 9.10. The fourth-order valence-corrected chi connectivity index (χ4v) is 2.80. The van der Waals surface area contributed by atoms with Gasteiger partial charge in [0.05, 0.1) is 6.34 Å². The van der Waals surface area contributed by atoms with E-state index in [0.717, 1.165) is 25.9 Å². The zero-order valence-corrected chi connectivity index (χ0v) is 22.0. The molecular weight excluding hydrogens is 516 g/mol. The van der Waals surface area contributed by atoms with Gasteiger partial charge in [-0.05, 0) is 83.1 Å². The molecule has 30 heavy (non-hydrogen) atoms. The second-order valence-corrected chi connectivity index (χ2v) is 8.43. The lowest BCUT2D eigenvalue weighted by molar-refractivity contribution is -0.179. The summed E-state index contributed by atoms with van der Waals surface area (Å²) >= 11 is 6.63. The average molecular weight is 548 g/mol. The summed E-state index contributed by atoms with van der Waals surface area (Å²) in [4.78, 5) is 16.0. The molecule has 0 saturated carbocycles. The van der Waals surface area contributed by atoms with E-state index in [-0.39, 0.29) is 6.41 Å². The second-order valence-electron chi connectivity index (χ2n) is 6.60. The van der Waals surface area contributed by atoms with Crippen molar-refractivity contribution >= 4 is 49.8 Å². The number of aromatic nitrogens is 2. The van der Waals surface area contributed by atoms with Crippen LogP contribution in [-0.2, 0) is 9.47 Å². The standard InChI is InChI=1S/C9H12BrN3.C6H7BrN2.C5H13NO2/c1-7-4-8(10)5-11-9(7)12-6-13(2)3;1-4-2-5(7)3-9-6(4)8;1-6(2)5(7-3)8-4/h4-6H,1-3H3;2-3H,1H3,(H2,8,9);5H,1-4H3. The third-order valence-electron chi connectivity index (χ3n) is 3.34. The summed E-state index contributed by atoms with van der Waals surface area (Å²) in [6, 6.07) is 3.93. The summed E-state index contributed by atoms with van der Waals surface area (Å²) in [6.07, 6.45) is 4.95. The van der Waals surface area contributed by atoms with Crippen molar-refractivity contribution in [1.29, 1.82) is 0 Å². The molecule has 0 aliphatic carbocycles. The second kappa shape index (κ2) is 15.2. The smallest absolute Gasteiger partial charge is 0.217 e. The van der Waals surface area contributed by atoms with Gasteiger partial charge >= 0.3 is 0 Å². The van der Waals surface area contributed by atoms with Crippen LogP contribution in [0.5, 0.6) is 0 Å². The Morgan fingerprint density at radius 1 is 0.967 bits per heavy atom. The van der Waals surface area contributed by atoms with Crippen molar-refractivity contribution in [1.82, 2.24) is 19.8 Å². The summed E-state index contributed by atoms with van der Waals surface area (Å²) in [7, 11) is 10.8. The van der Waals surface area contributed by atoms with Gasteiger partial charge in [0.25, 0.3) is 0 Å². The molecule has 0 amide bonds. The highest BCUT2D eigenvalue weighted by Gasteiger charge is 2.04. The number of anilines is 1. The highest BCUT2D eigenvalue weighted by atomic mass is 79.9. The molecule has 0 aliphatic rings. The molecule has 168 valence electrons. The summed E-state index contributed by atoms with van der Waals surface area (Å²) in [5, 5.41) is 0. The summed E-state index contributed by atoms with van der Waals surface area (Å²) in [6.45, 7) is 3.91. The Bertz CT molecular complexity index is 784. The first-order valence-corrected chi connectivity index (χ1v) is 10.5. The zero-order valence-electron chi connectivity index (χ0n) is 18.8. The third-order valence-corrected chi connectivity index (χ3v) is 4.21. The molecule has 2 heterocycles. The Hall–Kier alpha value is -1.59. The van der Waals surface area contributed by atoms with Crippen LogP contribution in [-0.4, -0.2) is 74.9 Å². The normalized spacial score (nSPS) is 10.5. The minimum atomic E-state index is -0.213. The zero-order chi connectivity index (χ0) is 23.3. The van der Waals surface area contributed by atoms with Gasteiger partial charge in [0, 0.05) is 49.7 Å².